The summed E-state index contributed by atoms with van der Waals surface area (Å²) in [7, 11) is 0. The molecule has 2 fully saturated rings. The molecule has 0 spiro atoms. The molecular weight excluding hydrogens is 392 g/mol. The highest BCUT2D eigenvalue weighted by atomic mass is 16.5. The summed E-state index contributed by atoms with van der Waals surface area (Å²) in [5.74, 6) is 2.02. The Morgan fingerprint density at radius 2 is 1.90 bits per heavy atom. The SMILES string of the molecule is Cc1cc(N2CCCCC2)nc(NCCNC(=O)c2ccc(OC3CCCC3)nc2)n1. The molecule has 0 aromatic carbocycles. The summed E-state index contributed by atoms with van der Waals surface area (Å²) in [6.45, 7) is 5.09. The molecule has 8 nitrogen and oxygen atoms in total. The molecule has 8 heteroatoms. The van der Waals surface area contributed by atoms with E-state index in [2.05, 4.69) is 30.5 Å². The van der Waals surface area contributed by atoms with Gasteiger partial charge < -0.3 is 20.3 Å². The Hall–Kier alpha value is -2.90. The minimum atomic E-state index is -0.152. The first kappa shape index (κ1) is 21.3. The number of aryl methyl sites for hydroxylation is 1. The van der Waals surface area contributed by atoms with Crippen molar-refractivity contribution < 1.29 is 9.53 Å². The Morgan fingerprint density at radius 3 is 2.65 bits per heavy atom. The van der Waals surface area contributed by atoms with E-state index in [-0.39, 0.29) is 12.0 Å². The van der Waals surface area contributed by atoms with Crippen LogP contribution in [0.2, 0.25) is 0 Å². The average Bonchev–Trinajstić information content (AvgIpc) is 3.30. The maximum atomic E-state index is 12.4. The number of anilines is 2. The monoisotopic (exact) mass is 424 g/mol. The number of nitrogens with zero attached hydrogens (tertiary/aromatic N) is 4. The first-order chi connectivity index (χ1) is 15.2. The molecule has 0 radical (unpaired) electrons. The van der Waals surface area contributed by atoms with Gasteiger partial charge in [-0.05, 0) is 57.9 Å². The lowest BCUT2D eigenvalue weighted by Gasteiger charge is -2.28. The van der Waals surface area contributed by atoms with Crippen molar-refractivity contribution in [2.75, 3.05) is 36.4 Å². The summed E-state index contributed by atoms with van der Waals surface area (Å²) >= 11 is 0. The third kappa shape index (κ3) is 6.06. The topological polar surface area (TPSA) is 92.3 Å². The van der Waals surface area contributed by atoms with Gasteiger partial charge in [0.05, 0.1) is 5.56 Å². The first-order valence-electron chi connectivity index (χ1n) is 11.4. The largest absolute Gasteiger partial charge is 0.474 e. The van der Waals surface area contributed by atoms with Crippen LogP contribution in [0.25, 0.3) is 0 Å². The van der Waals surface area contributed by atoms with E-state index < -0.39 is 0 Å². The second kappa shape index (κ2) is 10.4. The predicted octanol–water partition coefficient (Wildman–Crippen LogP) is 3.33. The van der Waals surface area contributed by atoms with Crippen LogP contribution in [0.3, 0.4) is 0 Å². The Kier molecular flexibility index (Phi) is 7.17. The number of amides is 1. The molecule has 166 valence electrons. The summed E-state index contributed by atoms with van der Waals surface area (Å²) in [5.41, 5.74) is 1.46. The van der Waals surface area contributed by atoms with Crippen molar-refractivity contribution in [2.24, 2.45) is 0 Å². The van der Waals surface area contributed by atoms with Gasteiger partial charge in [0.15, 0.2) is 0 Å². The van der Waals surface area contributed by atoms with Crippen LogP contribution in [-0.4, -0.2) is 53.1 Å². The molecule has 4 rings (SSSR count). The fraction of sp³-hybridized carbons (Fsp3) is 0.565. The summed E-state index contributed by atoms with van der Waals surface area (Å²) in [6, 6.07) is 5.56. The van der Waals surface area contributed by atoms with E-state index >= 15 is 0 Å². The predicted molar refractivity (Wildman–Crippen MR) is 121 cm³/mol. The molecule has 1 amide bonds. The standard InChI is InChI=1S/C23H32N6O2/c1-17-15-20(29-13-5-2-6-14-29)28-23(27-17)25-12-11-24-22(30)18-9-10-21(26-16-18)31-19-7-3-4-8-19/h9-10,15-16,19H,2-8,11-14H2,1H3,(H,24,30)(H,25,27,28). The van der Waals surface area contributed by atoms with Crippen molar-refractivity contribution in [1.82, 2.24) is 20.3 Å². The van der Waals surface area contributed by atoms with E-state index in [1.165, 1.54) is 32.1 Å². The van der Waals surface area contributed by atoms with Crippen LogP contribution >= 0.6 is 0 Å². The second-order valence-corrected chi connectivity index (χ2v) is 8.33. The lowest BCUT2D eigenvalue weighted by atomic mass is 10.1. The summed E-state index contributed by atoms with van der Waals surface area (Å²) in [6.07, 6.45) is 10.1. The number of pyridine rings is 1. The number of rotatable bonds is 8. The molecular formula is C23H32N6O2. The molecule has 2 aromatic rings. The van der Waals surface area contributed by atoms with Gasteiger partial charge in [-0.25, -0.2) is 9.97 Å². The van der Waals surface area contributed by atoms with Gasteiger partial charge in [-0.1, -0.05) is 0 Å². The van der Waals surface area contributed by atoms with Crippen LogP contribution in [0.1, 0.15) is 61.0 Å². The number of hydrogen-bond donors (Lipinski definition) is 2. The highest BCUT2D eigenvalue weighted by molar-refractivity contribution is 5.93. The number of ether oxygens (including phenoxy) is 1. The summed E-state index contributed by atoms with van der Waals surface area (Å²) in [5, 5.41) is 6.13. The minimum Gasteiger partial charge on any atom is -0.474 e. The van der Waals surface area contributed by atoms with E-state index in [0.29, 0.717) is 30.5 Å². The molecule has 1 saturated carbocycles. The number of piperidine rings is 1. The maximum absolute atomic E-state index is 12.4. The molecule has 2 aliphatic rings. The van der Waals surface area contributed by atoms with Gasteiger partial charge in [0, 0.05) is 50.2 Å². The molecule has 1 aliphatic carbocycles. The van der Waals surface area contributed by atoms with Crippen molar-refractivity contribution in [1.29, 1.82) is 0 Å². The number of aromatic nitrogens is 3. The Labute approximate surface area is 183 Å². The van der Waals surface area contributed by atoms with Gasteiger partial charge in [-0.15, -0.1) is 0 Å². The average molecular weight is 425 g/mol. The third-order valence-corrected chi connectivity index (χ3v) is 5.80. The summed E-state index contributed by atoms with van der Waals surface area (Å²) < 4.78 is 5.85. The molecule has 1 aliphatic heterocycles. The zero-order valence-electron chi connectivity index (χ0n) is 18.3. The quantitative estimate of drug-likeness (QED) is 0.628. The van der Waals surface area contributed by atoms with Crippen molar-refractivity contribution in [2.45, 2.75) is 58.0 Å². The van der Waals surface area contributed by atoms with Crippen molar-refractivity contribution in [3.63, 3.8) is 0 Å². The Morgan fingerprint density at radius 1 is 1.10 bits per heavy atom. The van der Waals surface area contributed by atoms with Crippen molar-refractivity contribution in [3.05, 3.63) is 35.7 Å². The second-order valence-electron chi connectivity index (χ2n) is 8.33. The van der Waals surface area contributed by atoms with E-state index in [1.54, 1.807) is 18.3 Å². The van der Waals surface area contributed by atoms with Crippen LogP contribution in [0, 0.1) is 6.92 Å². The fourth-order valence-corrected chi connectivity index (χ4v) is 4.13. The van der Waals surface area contributed by atoms with E-state index in [0.717, 1.165) is 37.4 Å². The van der Waals surface area contributed by atoms with E-state index in [1.807, 2.05) is 13.0 Å². The molecule has 1 saturated heterocycles. The van der Waals surface area contributed by atoms with Gasteiger partial charge in [-0.3, -0.25) is 4.79 Å². The Bertz CT molecular complexity index is 861. The molecule has 31 heavy (non-hydrogen) atoms. The number of carbonyl (C=O) groups is 1. The third-order valence-electron chi connectivity index (χ3n) is 5.80. The first-order valence-corrected chi connectivity index (χ1v) is 11.4. The smallest absolute Gasteiger partial charge is 0.252 e. The van der Waals surface area contributed by atoms with Crippen LogP contribution in [0.5, 0.6) is 5.88 Å². The molecule has 0 bridgehead atoms. The highest BCUT2D eigenvalue weighted by Gasteiger charge is 2.17. The van der Waals surface area contributed by atoms with Crippen molar-refractivity contribution in [3.8, 4) is 5.88 Å². The molecule has 0 atom stereocenters. The molecule has 2 aromatic heterocycles. The Balaban J connectivity index is 1.23. The molecule has 2 N–H and O–H groups in total. The maximum Gasteiger partial charge on any atom is 0.252 e. The van der Waals surface area contributed by atoms with Crippen LogP contribution in [-0.2, 0) is 0 Å². The van der Waals surface area contributed by atoms with Crippen molar-refractivity contribution >= 4 is 17.7 Å². The zero-order chi connectivity index (χ0) is 21.5. The van der Waals surface area contributed by atoms with Gasteiger partial charge in [-0.2, -0.15) is 4.98 Å². The van der Waals surface area contributed by atoms with E-state index in [9.17, 15) is 4.79 Å². The summed E-state index contributed by atoms with van der Waals surface area (Å²) in [4.78, 5) is 28.1. The van der Waals surface area contributed by atoms with Gasteiger partial charge >= 0.3 is 0 Å². The van der Waals surface area contributed by atoms with E-state index in [4.69, 9.17) is 4.74 Å². The molecule has 0 unspecified atom stereocenters. The fourth-order valence-electron chi connectivity index (χ4n) is 4.13. The lowest BCUT2D eigenvalue weighted by molar-refractivity contribution is 0.0954. The number of nitrogens with one attached hydrogen (secondary N) is 2. The zero-order valence-corrected chi connectivity index (χ0v) is 18.3. The normalized spacial score (nSPS) is 16.9. The van der Waals surface area contributed by atoms with Gasteiger partial charge in [0.2, 0.25) is 11.8 Å². The van der Waals surface area contributed by atoms with Crippen LogP contribution < -0.4 is 20.3 Å². The lowest BCUT2D eigenvalue weighted by Crippen LogP contribution is -2.31. The number of hydrogen-bond acceptors (Lipinski definition) is 7. The van der Waals surface area contributed by atoms with Crippen LogP contribution in [0.15, 0.2) is 24.4 Å². The highest BCUT2D eigenvalue weighted by Crippen LogP contribution is 2.23. The van der Waals surface area contributed by atoms with Crippen LogP contribution in [0.4, 0.5) is 11.8 Å². The molecule has 3 heterocycles. The minimum absolute atomic E-state index is 0.152. The number of carbonyl (C=O) groups excluding carboxylic acids is 1. The van der Waals surface area contributed by atoms with Gasteiger partial charge in [0.25, 0.3) is 5.91 Å². The van der Waals surface area contributed by atoms with Gasteiger partial charge in [0.1, 0.15) is 11.9 Å².